The Hall–Kier alpha value is -0.810. The summed E-state index contributed by atoms with van der Waals surface area (Å²) in [6, 6.07) is -0.983. The molecule has 1 amide bonds. The molecule has 0 fully saturated rings. The van der Waals surface area contributed by atoms with Gasteiger partial charge in [-0.25, -0.2) is 4.79 Å². The predicted octanol–water partition coefficient (Wildman–Crippen LogP) is -0.345. The Balaban J connectivity index is 3.92. The number of amides is 1. The molecule has 0 aromatic heterocycles. The van der Waals surface area contributed by atoms with Gasteiger partial charge in [-0.05, 0) is 6.42 Å². The number of rotatable bonds is 6. The minimum absolute atomic E-state index is 0.233. The highest BCUT2D eigenvalue weighted by atomic mass is 35.5. The third-order valence-corrected chi connectivity index (χ3v) is 1.81. The maximum atomic E-state index is 11.1. The van der Waals surface area contributed by atoms with E-state index in [9.17, 15) is 9.59 Å². The van der Waals surface area contributed by atoms with Crippen molar-refractivity contribution in [3.05, 3.63) is 0 Å². The summed E-state index contributed by atoms with van der Waals surface area (Å²) in [5.41, 5.74) is 0. The highest BCUT2D eigenvalue weighted by molar-refractivity contribution is 6.17. The van der Waals surface area contributed by atoms with E-state index < -0.39 is 18.6 Å². The van der Waals surface area contributed by atoms with Crippen molar-refractivity contribution in [1.29, 1.82) is 0 Å². The van der Waals surface area contributed by atoms with E-state index in [-0.39, 0.29) is 12.3 Å². The van der Waals surface area contributed by atoms with Crippen LogP contribution >= 0.6 is 11.6 Å². The number of ether oxygens (including phenoxy) is 1. The van der Waals surface area contributed by atoms with Crippen LogP contribution in [-0.4, -0.2) is 42.6 Å². The first kappa shape index (κ1) is 13.2. The number of hydrogen-bond acceptors (Lipinski definition) is 4. The largest absolute Gasteiger partial charge is 0.467 e. The molecule has 0 aromatic carbocycles. The molecule has 0 saturated carbocycles. The van der Waals surface area contributed by atoms with Crippen LogP contribution < -0.4 is 5.32 Å². The van der Waals surface area contributed by atoms with E-state index in [0.717, 1.165) is 0 Å². The number of methoxy groups -OCH3 is 1. The Kier molecular flexibility index (Phi) is 7.14. The SMILES string of the molecule is COC(=O)C(CO)NC(=O)CCCCl. The Morgan fingerprint density at radius 2 is 2.21 bits per heavy atom. The van der Waals surface area contributed by atoms with Crippen LogP contribution in [0, 0.1) is 0 Å². The van der Waals surface area contributed by atoms with Gasteiger partial charge in [0.1, 0.15) is 0 Å². The maximum absolute atomic E-state index is 11.1. The number of halogens is 1. The average Bonchev–Trinajstić information content (AvgIpc) is 2.21. The van der Waals surface area contributed by atoms with Crippen molar-refractivity contribution < 1.29 is 19.4 Å². The average molecular weight is 224 g/mol. The first-order chi connectivity index (χ1) is 6.65. The summed E-state index contributed by atoms with van der Waals surface area (Å²) in [6.07, 6.45) is 0.768. The number of aliphatic hydroxyl groups excluding tert-OH is 1. The third kappa shape index (κ3) is 5.04. The molecule has 0 saturated heterocycles. The van der Waals surface area contributed by atoms with Crippen LogP contribution in [-0.2, 0) is 14.3 Å². The van der Waals surface area contributed by atoms with E-state index in [1.54, 1.807) is 0 Å². The molecule has 0 spiro atoms. The van der Waals surface area contributed by atoms with Crippen molar-refractivity contribution in [3.63, 3.8) is 0 Å². The van der Waals surface area contributed by atoms with Crippen LogP contribution in [0.2, 0.25) is 0 Å². The summed E-state index contributed by atoms with van der Waals surface area (Å²) >= 11 is 5.38. The number of alkyl halides is 1. The lowest BCUT2D eigenvalue weighted by Gasteiger charge is -2.13. The zero-order valence-electron chi connectivity index (χ0n) is 7.96. The summed E-state index contributed by atoms with van der Waals surface area (Å²) in [5, 5.41) is 11.1. The van der Waals surface area contributed by atoms with Crippen molar-refractivity contribution in [1.82, 2.24) is 5.32 Å². The second-order valence-electron chi connectivity index (χ2n) is 2.62. The molecule has 82 valence electrons. The van der Waals surface area contributed by atoms with E-state index >= 15 is 0 Å². The van der Waals surface area contributed by atoms with Gasteiger partial charge in [-0.1, -0.05) is 0 Å². The topological polar surface area (TPSA) is 75.6 Å². The van der Waals surface area contributed by atoms with Gasteiger partial charge in [0.05, 0.1) is 13.7 Å². The van der Waals surface area contributed by atoms with Crippen LogP contribution in [0.4, 0.5) is 0 Å². The summed E-state index contributed by atoms with van der Waals surface area (Å²) in [7, 11) is 1.19. The molecule has 2 N–H and O–H groups in total. The molecule has 0 aliphatic rings. The van der Waals surface area contributed by atoms with Gasteiger partial charge in [0.15, 0.2) is 6.04 Å². The first-order valence-electron chi connectivity index (χ1n) is 4.19. The van der Waals surface area contributed by atoms with Gasteiger partial charge in [0.25, 0.3) is 0 Å². The molecule has 0 aliphatic heterocycles. The van der Waals surface area contributed by atoms with Gasteiger partial charge in [-0.15, -0.1) is 11.6 Å². The summed E-state index contributed by atoms with van der Waals surface area (Å²) in [5.74, 6) is -0.600. The molecule has 14 heavy (non-hydrogen) atoms. The monoisotopic (exact) mass is 223 g/mol. The van der Waals surface area contributed by atoms with Crippen molar-refractivity contribution in [2.45, 2.75) is 18.9 Å². The lowest BCUT2D eigenvalue weighted by molar-refractivity contribution is -0.146. The van der Waals surface area contributed by atoms with Crippen LogP contribution in [0.3, 0.4) is 0 Å². The van der Waals surface area contributed by atoms with E-state index in [2.05, 4.69) is 10.1 Å². The number of carbonyl (C=O) groups excluding carboxylic acids is 2. The van der Waals surface area contributed by atoms with Gasteiger partial charge in [-0.3, -0.25) is 4.79 Å². The molecule has 0 aromatic rings. The second kappa shape index (κ2) is 7.58. The molecule has 0 aliphatic carbocycles. The van der Waals surface area contributed by atoms with E-state index in [0.29, 0.717) is 12.3 Å². The summed E-state index contributed by atoms with van der Waals surface area (Å²) < 4.78 is 4.37. The fraction of sp³-hybridized carbons (Fsp3) is 0.750. The Morgan fingerprint density at radius 1 is 1.57 bits per heavy atom. The lowest BCUT2D eigenvalue weighted by atomic mass is 10.2. The minimum atomic E-state index is -0.983. The fourth-order valence-corrected chi connectivity index (χ4v) is 0.949. The van der Waals surface area contributed by atoms with Gasteiger partial charge in [-0.2, -0.15) is 0 Å². The smallest absolute Gasteiger partial charge is 0.330 e. The van der Waals surface area contributed by atoms with E-state index in [1.165, 1.54) is 7.11 Å². The molecule has 0 radical (unpaired) electrons. The number of nitrogens with one attached hydrogen (secondary N) is 1. The van der Waals surface area contributed by atoms with Crippen molar-refractivity contribution >= 4 is 23.5 Å². The fourth-order valence-electron chi connectivity index (χ4n) is 0.815. The summed E-state index contributed by atoms with van der Waals surface area (Å²) in [4.78, 5) is 22.0. The van der Waals surface area contributed by atoms with E-state index in [1.807, 2.05) is 0 Å². The molecule has 1 unspecified atom stereocenters. The highest BCUT2D eigenvalue weighted by Crippen LogP contribution is 1.94. The number of aliphatic hydroxyl groups is 1. The first-order valence-corrected chi connectivity index (χ1v) is 4.73. The van der Waals surface area contributed by atoms with Gasteiger partial charge in [0, 0.05) is 12.3 Å². The molecule has 0 bridgehead atoms. The number of carbonyl (C=O) groups is 2. The number of hydrogen-bond donors (Lipinski definition) is 2. The quantitative estimate of drug-likeness (QED) is 0.477. The molecule has 0 heterocycles. The molecular formula is C8H14ClNO4. The predicted molar refractivity (Wildman–Crippen MR) is 51.0 cm³/mol. The second-order valence-corrected chi connectivity index (χ2v) is 3.00. The van der Waals surface area contributed by atoms with Gasteiger partial charge in [0.2, 0.25) is 5.91 Å². The van der Waals surface area contributed by atoms with Crippen molar-refractivity contribution in [2.24, 2.45) is 0 Å². The minimum Gasteiger partial charge on any atom is -0.467 e. The van der Waals surface area contributed by atoms with Crippen LogP contribution in [0.15, 0.2) is 0 Å². The molecular weight excluding hydrogens is 210 g/mol. The van der Waals surface area contributed by atoms with E-state index in [4.69, 9.17) is 16.7 Å². The summed E-state index contributed by atoms with van der Waals surface area (Å²) in [6.45, 7) is -0.473. The zero-order chi connectivity index (χ0) is 11.0. The highest BCUT2D eigenvalue weighted by Gasteiger charge is 2.19. The Bertz CT molecular complexity index is 198. The molecule has 5 nitrogen and oxygen atoms in total. The Morgan fingerprint density at radius 3 is 2.64 bits per heavy atom. The standard InChI is InChI=1S/C8H14ClNO4/c1-14-8(13)6(5-11)10-7(12)3-2-4-9/h6,11H,2-5H2,1H3,(H,10,12). The molecule has 1 atom stereocenters. The normalized spacial score (nSPS) is 11.9. The third-order valence-electron chi connectivity index (χ3n) is 1.54. The van der Waals surface area contributed by atoms with Crippen LogP contribution in [0.1, 0.15) is 12.8 Å². The lowest BCUT2D eigenvalue weighted by Crippen LogP contribution is -2.43. The van der Waals surface area contributed by atoms with Crippen LogP contribution in [0.25, 0.3) is 0 Å². The molecule has 6 heteroatoms. The Labute approximate surface area is 87.4 Å². The van der Waals surface area contributed by atoms with Gasteiger partial charge >= 0.3 is 5.97 Å². The van der Waals surface area contributed by atoms with Crippen LogP contribution in [0.5, 0.6) is 0 Å². The van der Waals surface area contributed by atoms with Crippen molar-refractivity contribution in [3.8, 4) is 0 Å². The van der Waals surface area contributed by atoms with Crippen molar-refractivity contribution in [2.75, 3.05) is 19.6 Å². The zero-order valence-corrected chi connectivity index (χ0v) is 8.71. The van der Waals surface area contributed by atoms with Gasteiger partial charge < -0.3 is 15.2 Å². The maximum Gasteiger partial charge on any atom is 0.330 e. The number of esters is 1. The molecule has 0 rings (SSSR count).